The van der Waals surface area contributed by atoms with Gasteiger partial charge in [-0.15, -0.1) is 10.2 Å². The maximum atomic E-state index is 13.1. The van der Waals surface area contributed by atoms with Gasteiger partial charge in [0.15, 0.2) is 5.82 Å². The molecule has 0 aliphatic heterocycles. The van der Waals surface area contributed by atoms with E-state index in [1.807, 2.05) is 30.3 Å². The third-order valence-corrected chi connectivity index (χ3v) is 7.72. The molecule has 10 heteroatoms. The van der Waals surface area contributed by atoms with Gasteiger partial charge in [0.1, 0.15) is 5.69 Å². The maximum absolute atomic E-state index is 13.1. The Balaban J connectivity index is 1.74. The van der Waals surface area contributed by atoms with Gasteiger partial charge in [-0.05, 0) is 56.7 Å². The fraction of sp³-hybridized carbons (Fsp3) is 0.222. The quantitative estimate of drug-likeness (QED) is 0.279. The minimum absolute atomic E-state index is 0.107. The molecule has 4 N–H and O–H groups in total. The zero-order valence-corrected chi connectivity index (χ0v) is 21.8. The zero-order valence-electron chi connectivity index (χ0n) is 21.0. The number of aliphatic hydroxyl groups is 1. The van der Waals surface area contributed by atoms with E-state index in [0.29, 0.717) is 28.2 Å². The van der Waals surface area contributed by atoms with E-state index in [1.165, 1.54) is 0 Å². The molecule has 4 aromatic rings. The number of carbonyl (C=O) groups excluding carboxylic acids is 1. The molecule has 0 unspecified atom stereocenters. The number of hydrogen-bond donors (Lipinski definition) is 4. The van der Waals surface area contributed by atoms with Gasteiger partial charge in [-0.1, -0.05) is 36.4 Å². The normalized spacial score (nSPS) is 11.9. The van der Waals surface area contributed by atoms with Crippen molar-refractivity contribution in [2.24, 2.45) is 0 Å². The van der Waals surface area contributed by atoms with E-state index in [2.05, 4.69) is 25.6 Å². The van der Waals surface area contributed by atoms with Crippen molar-refractivity contribution in [3.05, 3.63) is 77.9 Å². The predicted molar refractivity (Wildman–Crippen MR) is 144 cm³/mol. The minimum Gasteiger partial charge on any atom is -0.394 e. The number of aliphatic hydroxyl groups excluding tert-OH is 1. The predicted octanol–water partition coefficient (Wildman–Crippen LogP) is 3.76. The average Bonchev–Trinajstić information content (AvgIpc) is 2.88. The average molecular weight is 520 g/mol. The van der Waals surface area contributed by atoms with Crippen LogP contribution < -0.4 is 15.4 Å². The maximum Gasteiger partial charge on any atom is 0.251 e. The summed E-state index contributed by atoms with van der Waals surface area (Å²) in [5.74, 6) is 0.356. The molecule has 0 saturated carbocycles. The number of fused-ring (bicyclic) bond motifs is 1. The number of nitrogens with one attached hydrogen (secondary N) is 3. The fourth-order valence-corrected chi connectivity index (χ4v) is 5.56. The lowest BCUT2D eigenvalue weighted by Gasteiger charge is -2.24. The lowest BCUT2D eigenvalue weighted by molar-refractivity contribution is 0.0963. The van der Waals surface area contributed by atoms with Crippen LogP contribution in [0.3, 0.4) is 0 Å². The number of amides is 1. The van der Waals surface area contributed by atoms with Gasteiger partial charge in [0, 0.05) is 34.6 Å². The number of rotatable bonds is 8. The van der Waals surface area contributed by atoms with Crippen molar-refractivity contribution in [1.82, 2.24) is 20.2 Å². The molecule has 37 heavy (non-hydrogen) atoms. The molecule has 0 fully saturated rings. The summed E-state index contributed by atoms with van der Waals surface area (Å²) in [5, 5.41) is 25.8. The number of anilines is 2. The summed E-state index contributed by atoms with van der Waals surface area (Å²) in [5.41, 5.74) is 1.97. The summed E-state index contributed by atoms with van der Waals surface area (Å²) in [6.45, 7) is 4.60. The molecule has 1 aromatic heterocycles. The molecule has 1 amide bonds. The number of aryl methyl sites for hydroxylation is 1. The molecule has 0 aliphatic carbocycles. The minimum atomic E-state index is -3.90. The number of hydrogen-bond acceptors (Lipinski definition) is 7. The van der Waals surface area contributed by atoms with Crippen molar-refractivity contribution in [3.8, 4) is 11.3 Å². The first-order valence-electron chi connectivity index (χ1n) is 11.6. The van der Waals surface area contributed by atoms with Crippen LogP contribution in [0.1, 0.15) is 29.8 Å². The third-order valence-electron chi connectivity index (χ3n) is 5.88. The Labute approximate surface area is 216 Å². The largest absolute Gasteiger partial charge is 0.394 e. The molecule has 0 spiro atoms. The second-order valence-electron chi connectivity index (χ2n) is 9.35. The second kappa shape index (κ2) is 10.3. The summed E-state index contributed by atoms with van der Waals surface area (Å²) in [6, 6.07) is 19.7. The lowest BCUT2D eigenvalue weighted by atomic mass is 10.0. The second-order valence-corrected chi connectivity index (χ2v) is 11.0. The molecule has 0 radical (unpaired) electrons. The number of aromatic nitrogens is 2. The van der Waals surface area contributed by atoms with Crippen molar-refractivity contribution in [2.45, 2.75) is 31.2 Å². The van der Waals surface area contributed by atoms with Crippen molar-refractivity contribution < 1.29 is 18.3 Å². The molecule has 4 rings (SSSR count). The SMILES string of the molecule is CNC(=O)c1ccc(Nc2nnc(-c3ccc(C)c(S(=O)(=O)NC(C)(C)CO)c3)c3ccccc23)cc1. The van der Waals surface area contributed by atoms with Crippen LogP contribution in [0.15, 0.2) is 71.6 Å². The van der Waals surface area contributed by atoms with Crippen LogP contribution in [-0.4, -0.2) is 48.8 Å². The lowest BCUT2D eigenvalue weighted by Crippen LogP contribution is -2.46. The smallest absolute Gasteiger partial charge is 0.251 e. The number of carbonyl (C=O) groups is 1. The Kier molecular flexibility index (Phi) is 7.26. The molecule has 9 nitrogen and oxygen atoms in total. The van der Waals surface area contributed by atoms with Gasteiger partial charge < -0.3 is 15.7 Å². The van der Waals surface area contributed by atoms with E-state index in [1.54, 1.807) is 64.2 Å². The van der Waals surface area contributed by atoms with Crippen LogP contribution in [0, 0.1) is 6.92 Å². The number of benzene rings is 3. The Hall–Kier alpha value is -3.86. The van der Waals surface area contributed by atoms with Crippen LogP contribution >= 0.6 is 0 Å². The molecule has 192 valence electrons. The van der Waals surface area contributed by atoms with Crippen LogP contribution in [0.5, 0.6) is 0 Å². The van der Waals surface area contributed by atoms with E-state index in [4.69, 9.17) is 0 Å². The topological polar surface area (TPSA) is 133 Å². The Morgan fingerprint density at radius 1 is 0.973 bits per heavy atom. The first-order chi connectivity index (χ1) is 17.5. The zero-order chi connectivity index (χ0) is 26.8. The van der Waals surface area contributed by atoms with Gasteiger partial charge in [-0.3, -0.25) is 4.79 Å². The highest BCUT2D eigenvalue weighted by Gasteiger charge is 2.27. The highest BCUT2D eigenvalue weighted by atomic mass is 32.2. The Morgan fingerprint density at radius 2 is 1.65 bits per heavy atom. The van der Waals surface area contributed by atoms with Crippen molar-refractivity contribution in [1.29, 1.82) is 0 Å². The Morgan fingerprint density at radius 3 is 2.30 bits per heavy atom. The van der Waals surface area contributed by atoms with Gasteiger partial charge in [-0.25, -0.2) is 13.1 Å². The fourth-order valence-electron chi connectivity index (χ4n) is 3.88. The number of nitrogens with zero attached hydrogens (tertiary/aromatic N) is 2. The summed E-state index contributed by atoms with van der Waals surface area (Å²) in [7, 11) is -2.32. The monoisotopic (exact) mass is 519 g/mol. The van der Waals surface area contributed by atoms with Gasteiger partial charge in [-0.2, -0.15) is 0 Å². The van der Waals surface area contributed by atoms with Crippen molar-refractivity contribution in [2.75, 3.05) is 19.0 Å². The molecule has 1 heterocycles. The van der Waals surface area contributed by atoms with Gasteiger partial charge >= 0.3 is 0 Å². The summed E-state index contributed by atoms with van der Waals surface area (Å²) < 4.78 is 28.8. The van der Waals surface area contributed by atoms with Crippen LogP contribution in [0.2, 0.25) is 0 Å². The number of sulfonamides is 1. The van der Waals surface area contributed by atoms with E-state index in [-0.39, 0.29) is 17.4 Å². The molecule has 0 bridgehead atoms. The highest BCUT2D eigenvalue weighted by molar-refractivity contribution is 7.89. The van der Waals surface area contributed by atoms with E-state index < -0.39 is 15.6 Å². The molecule has 0 atom stereocenters. The van der Waals surface area contributed by atoms with Crippen LogP contribution in [-0.2, 0) is 10.0 Å². The summed E-state index contributed by atoms with van der Waals surface area (Å²) in [4.78, 5) is 11.9. The molecule has 3 aromatic carbocycles. The van der Waals surface area contributed by atoms with E-state index in [9.17, 15) is 18.3 Å². The third kappa shape index (κ3) is 5.61. The first-order valence-corrected chi connectivity index (χ1v) is 13.1. The summed E-state index contributed by atoms with van der Waals surface area (Å²) in [6.07, 6.45) is 0. The van der Waals surface area contributed by atoms with Crippen molar-refractivity contribution in [3.63, 3.8) is 0 Å². The van der Waals surface area contributed by atoms with Gasteiger partial charge in [0.2, 0.25) is 10.0 Å². The standard InChI is InChI=1S/C27H29N5O4S/c1-17-9-10-19(15-23(17)37(35,36)32-27(2,3)16-33)24-21-7-5-6-8-22(21)25(31-30-24)29-20-13-11-18(12-14-20)26(34)28-4/h5-15,32-33H,16H2,1-4H3,(H,28,34)(H,29,31). The van der Waals surface area contributed by atoms with Gasteiger partial charge in [0.25, 0.3) is 5.91 Å². The molecule has 0 saturated heterocycles. The van der Waals surface area contributed by atoms with Gasteiger partial charge in [0.05, 0.1) is 17.0 Å². The van der Waals surface area contributed by atoms with Crippen LogP contribution in [0.4, 0.5) is 11.5 Å². The van der Waals surface area contributed by atoms with E-state index >= 15 is 0 Å². The molecular weight excluding hydrogens is 490 g/mol. The van der Waals surface area contributed by atoms with Crippen molar-refractivity contribution >= 4 is 38.2 Å². The van der Waals surface area contributed by atoms with Crippen LogP contribution in [0.25, 0.3) is 22.0 Å². The highest BCUT2D eigenvalue weighted by Crippen LogP contribution is 2.33. The molecule has 0 aliphatic rings. The first kappa shape index (κ1) is 26.2. The summed E-state index contributed by atoms with van der Waals surface area (Å²) >= 11 is 0. The Bertz CT molecular complexity index is 1570. The molecular formula is C27H29N5O4S. The van der Waals surface area contributed by atoms with E-state index in [0.717, 1.165) is 16.5 Å².